The molecule has 1 aromatic rings. The predicted octanol–water partition coefficient (Wildman–Crippen LogP) is -9.14. The van der Waals surface area contributed by atoms with Crippen LogP contribution in [0.5, 0.6) is 11.5 Å². The van der Waals surface area contributed by atoms with Crippen LogP contribution in [0, 0.1) is 5.92 Å². The lowest BCUT2D eigenvalue weighted by atomic mass is 9.98. The Hall–Kier alpha value is -5.30. The summed E-state index contributed by atoms with van der Waals surface area (Å²) < 4.78 is 36.1. The fourth-order valence-corrected chi connectivity index (χ4v) is 7.58. The van der Waals surface area contributed by atoms with Crippen molar-refractivity contribution in [1.82, 2.24) is 31.1 Å². The van der Waals surface area contributed by atoms with Crippen LogP contribution in [0.3, 0.4) is 0 Å². The minimum atomic E-state index is -5.20. The van der Waals surface area contributed by atoms with Crippen molar-refractivity contribution in [1.29, 1.82) is 0 Å². The van der Waals surface area contributed by atoms with Gasteiger partial charge >= 0.3 is 10.4 Å². The zero-order chi connectivity index (χ0) is 46.5. The summed E-state index contributed by atoms with van der Waals surface area (Å²) in [7, 11) is -5.20. The largest absolute Gasteiger partial charge is 0.504 e. The van der Waals surface area contributed by atoms with E-state index in [0.29, 0.717) is 9.80 Å². The van der Waals surface area contributed by atoms with Gasteiger partial charge in [-0.15, -0.1) is 0 Å². The van der Waals surface area contributed by atoms with E-state index in [2.05, 4.69) is 20.1 Å². The summed E-state index contributed by atoms with van der Waals surface area (Å²) in [5.41, 5.74) is 11.0. The van der Waals surface area contributed by atoms with E-state index in [1.807, 2.05) is 5.32 Å². The lowest BCUT2D eigenvalue weighted by molar-refractivity contribution is -0.148. The summed E-state index contributed by atoms with van der Waals surface area (Å²) in [6, 6.07) is -8.96. The average Bonchev–Trinajstić information content (AvgIpc) is 3.72. The molecule has 3 saturated heterocycles. The Morgan fingerprint density at radius 3 is 2.13 bits per heavy atom. The highest BCUT2D eigenvalue weighted by atomic mass is 32.3. The number of aliphatic hydroxyl groups excluding tert-OH is 7. The van der Waals surface area contributed by atoms with Gasteiger partial charge in [0.25, 0.3) is 0 Å². The quantitative estimate of drug-likeness (QED) is 0.102. The van der Waals surface area contributed by atoms with E-state index in [0.717, 1.165) is 18.2 Å². The maximum Gasteiger partial charge on any atom is 0.446 e. The number of phenolic OH excluding ortho intramolecular Hbond substituents is 1. The molecule has 3 heterocycles. The maximum atomic E-state index is 14.3. The number of phenols is 1. The number of nitrogens with two attached hydrogens (primary N) is 2. The van der Waals surface area contributed by atoms with Gasteiger partial charge in [-0.05, 0) is 17.7 Å². The molecule has 62 heavy (non-hydrogen) atoms. The minimum Gasteiger partial charge on any atom is -0.504 e. The van der Waals surface area contributed by atoms with E-state index >= 15 is 0 Å². The smallest absolute Gasteiger partial charge is 0.446 e. The molecule has 0 aromatic heterocycles. The summed E-state index contributed by atoms with van der Waals surface area (Å²) in [5.74, 6) is -11.6. The number of hydrogen-bond acceptors (Lipinski definition) is 19. The van der Waals surface area contributed by atoms with Gasteiger partial charge in [-0.3, -0.25) is 38.1 Å². The number of amides is 7. The van der Waals surface area contributed by atoms with Crippen LogP contribution in [0.25, 0.3) is 0 Å². The van der Waals surface area contributed by atoms with Crippen LogP contribution < -0.4 is 36.9 Å². The van der Waals surface area contributed by atoms with E-state index in [1.165, 1.54) is 6.92 Å². The van der Waals surface area contributed by atoms with E-state index in [-0.39, 0.29) is 5.56 Å². The number of rotatable bonds is 9. The molecule has 346 valence electrons. The Kier molecular flexibility index (Phi) is 16.1. The monoisotopic (exact) mass is 906 g/mol. The molecule has 0 radical (unpaired) electrons. The lowest BCUT2D eigenvalue weighted by Crippen LogP contribution is -2.64. The lowest BCUT2D eigenvalue weighted by Gasteiger charge is -2.33. The van der Waals surface area contributed by atoms with Crippen LogP contribution in [0.1, 0.15) is 31.7 Å². The van der Waals surface area contributed by atoms with Crippen molar-refractivity contribution >= 4 is 51.7 Å². The highest BCUT2D eigenvalue weighted by Crippen LogP contribution is 2.30. The van der Waals surface area contributed by atoms with Gasteiger partial charge in [0.15, 0.2) is 17.7 Å². The number of carbonyl (C=O) groups excluding carboxylic acids is 7. The van der Waals surface area contributed by atoms with Crippen LogP contribution in [0.15, 0.2) is 18.2 Å². The van der Waals surface area contributed by atoms with Gasteiger partial charge in [0.05, 0.1) is 43.5 Å². The number of aliphatic hydroxyl groups is 7. The molecule has 0 aliphatic carbocycles. The Balaban J connectivity index is 1.83. The summed E-state index contributed by atoms with van der Waals surface area (Å²) in [5, 5.41) is 94.0. The van der Waals surface area contributed by atoms with Crippen LogP contribution in [0.2, 0.25) is 0 Å². The average molecular weight is 907 g/mol. The SMILES string of the molecule is CC1CN2C(=O)C(C(O)CC(N)=O)NC(=O)C(C(O)Cc3ccc(O)c(OS(=O)(=O)O)c3)NC(=O)C3CC(O)CN3C(=O)C(CO)NC(=O)C(N)CC(O)C(O)NC(=O)C2C1O. The first-order valence-electron chi connectivity index (χ1n) is 18.9. The molecule has 3 aliphatic heterocycles. The molecular formula is C34H50N8O19S. The van der Waals surface area contributed by atoms with Gasteiger partial charge in [0, 0.05) is 38.3 Å². The Labute approximate surface area is 351 Å². The van der Waals surface area contributed by atoms with Crippen LogP contribution >= 0.6 is 0 Å². The van der Waals surface area contributed by atoms with Crippen molar-refractivity contribution in [2.45, 2.75) is 106 Å². The maximum absolute atomic E-state index is 14.3. The molecular weight excluding hydrogens is 856 g/mol. The van der Waals surface area contributed by atoms with E-state index in [9.17, 15) is 82.8 Å². The van der Waals surface area contributed by atoms with E-state index in [1.54, 1.807) is 0 Å². The first kappa shape index (κ1) is 49.4. The van der Waals surface area contributed by atoms with E-state index in [4.69, 9.17) is 16.0 Å². The van der Waals surface area contributed by atoms with Gasteiger partial charge in [0.1, 0.15) is 36.3 Å². The third-order valence-corrected chi connectivity index (χ3v) is 10.8. The molecule has 13 atom stereocenters. The second-order valence-electron chi connectivity index (χ2n) is 15.2. The highest BCUT2D eigenvalue weighted by molar-refractivity contribution is 7.81. The highest BCUT2D eigenvalue weighted by Gasteiger charge is 2.50. The normalized spacial score (nSPS) is 32.0. The molecule has 7 amide bonds. The number of carbonyl (C=O) groups is 7. The first-order valence-corrected chi connectivity index (χ1v) is 20.2. The number of aromatic hydroxyl groups is 1. The molecule has 28 heteroatoms. The van der Waals surface area contributed by atoms with Gasteiger partial charge in [-0.1, -0.05) is 13.0 Å². The summed E-state index contributed by atoms with van der Waals surface area (Å²) in [6.45, 7) is -0.764. The second kappa shape index (κ2) is 20.3. The van der Waals surface area contributed by atoms with Gasteiger partial charge in [-0.2, -0.15) is 8.42 Å². The van der Waals surface area contributed by atoms with Gasteiger partial charge < -0.3 is 87.6 Å². The fourth-order valence-electron chi connectivity index (χ4n) is 7.22. The molecule has 0 spiro atoms. The zero-order valence-corrected chi connectivity index (χ0v) is 33.6. The van der Waals surface area contributed by atoms with Crippen molar-refractivity contribution < 1.29 is 91.6 Å². The van der Waals surface area contributed by atoms with Crippen LogP contribution in [0.4, 0.5) is 0 Å². The number of benzene rings is 1. The third kappa shape index (κ3) is 12.0. The van der Waals surface area contributed by atoms with Crippen molar-refractivity contribution in [2.75, 3.05) is 19.7 Å². The standard InChI is InChI=1S/C34H50N8O19S/c1-12-9-42-26(27(12)50)32(55)40-30(53)21(48)7-15(35)28(51)37-16(11-43)33(56)41-10-14(44)6-17(41)29(52)38-24(31(54)39-25(34(42)57)20(47)8-23(36)49)19(46)4-13-2-3-18(45)22(5-13)61-62(58,59)60/h2-3,5,12,14-17,19-21,24-27,30,43-48,50,53H,4,6-11,35H2,1H3,(H2,36,49)(H,37,51)(H,38,52)(H,39,54)(H,40,55)(H,58,59,60). The van der Waals surface area contributed by atoms with Crippen molar-refractivity contribution in [2.24, 2.45) is 17.4 Å². The predicted molar refractivity (Wildman–Crippen MR) is 202 cm³/mol. The topological polar surface area (TPSA) is 452 Å². The molecule has 3 fully saturated rings. The van der Waals surface area contributed by atoms with Crippen molar-refractivity contribution in [3.8, 4) is 11.5 Å². The fraction of sp³-hybridized carbons (Fsp3) is 0.618. The molecule has 27 nitrogen and oxygen atoms in total. The summed E-state index contributed by atoms with van der Waals surface area (Å²) >= 11 is 0. The summed E-state index contributed by atoms with van der Waals surface area (Å²) in [6.07, 6.45) is -14.8. The summed E-state index contributed by atoms with van der Waals surface area (Å²) in [4.78, 5) is 96.0. The Morgan fingerprint density at radius 1 is 0.871 bits per heavy atom. The number of nitrogens with zero attached hydrogens (tertiary/aromatic N) is 2. The molecule has 4 rings (SSSR count). The van der Waals surface area contributed by atoms with E-state index < -0.39 is 188 Å². The Morgan fingerprint density at radius 2 is 1.52 bits per heavy atom. The molecule has 3 aliphatic rings. The number of hydrogen-bond donors (Lipinski definition) is 15. The third-order valence-electron chi connectivity index (χ3n) is 10.4. The number of nitrogens with one attached hydrogen (secondary N) is 4. The Bertz CT molecular complexity index is 1990. The molecule has 0 bridgehead atoms. The molecule has 17 N–H and O–H groups in total. The molecule has 0 saturated carbocycles. The second-order valence-corrected chi connectivity index (χ2v) is 16.2. The number of fused-ring (bicyclic) bond motifs is 2. The molecule has 13 unspecified atom stereocenters. The van der Waals surface area contributed by atoms with Gasteiger partial charge in [-0.25, -0.2) is 0 Å². The number of primary amides is 1. The van der Waals surface area contributed by atoms with Gasteiger partial charge in [0.2, 0.25) is 41.4 Å². The minimum absolute atomic E-state index is 0.131. The first-order chi connectivity index (χ1) is 28.8. The van der Waals surface area contributed by atoms with Crippen LogP contribution in [-0.4, -0.2) is 198 Å². The molecule has 1 aromatic carbocycles. The zero-order valence-electron chi connectivity index (χ0n) is 32.8. The van der Waals surface area contributed by atoms with Crippen molar-refractivity contribution in [3.63, 3.8) is 0 Å². The van der Waals surface area contributed by atoms with Crippen LogP contribution in [-0.2, 0) is 50.4 Å². The van der Waals surface area contributed by atoms with Crippen molar-refractivity contribution in [3.05, 3.63) is 23.8 Å².